The lowest BCUT2D eigenvalue weighted by atomic mass is 10.1. The Morgan fingerprint density at radius 1 is 1.15 bits per heavy atom. The molecular formula is C11H23N3O5S. The normalized spacial score (nSPS) is 18.6. The summed E-state index contributed by atoms with van der Waals surface area (Å²) in [7, 11) is 0. The van der Waals surface area contributed by atoms with Gasteiger partial charge in [-0.15, -0.1) is 0 Å². The molecule has 8 nitrogen and oxygen atoms in total. The van der Waals surface area contributed by atoms with Crippen molar-refractivity contribution in [2.75, 3.05) is 12.4 Å². The summed E-state index contributed by atoms with van der Waals surface area (Å²) in [4.78, 5) is 23.5. The van der Waals surface area contributed by atoms with E-state index in [0.717, 1.165) is 0 Å². The monoisotopic (exact) mass is 309 g/mol. The minimum Gasteiger partial charge on any atom is -0.394 e. The lowest BCUT2D eigenvalue weighted by molar-refractivity contribution is -0.131. The Kier molecular flexibility index (Phi) is 8.74. The first kappa shape index (κ1) is 19.1. The highest BCUT2D eigenvalue weighted by molar-refractivity contribution is 7.80. The van der Waals surface area contributed by atoms with Crippen molar-refractivity contribution in [3.05, 3.63) is 0 Å². The van der Waals surface area contributed by atoms with Crippen LogP contribution in [0.15, 0.2) is 0 Å². The molecule has 20 heavy (non-hydrogen) atoms. The van der Waals surface area contributed by atoms with Gasteiger partial charge in [-0.3, -0.25) is 9.59 Å². The number of aliphatic hydroxyl groups is 3. The van der Waals surface area contributed by atoms with Crippen LogP contribution < -0.4 is 16.4 Å². The molecule has 9 heteroatoms. The number of nitrogens with two attached hydrogens (primary N) is 1. The smallest absolute Gasteiger partial charge is 0.243 e. The summed E-state index contributed by atoms with van der Waals surface area (Å²) in [5, 5.41) is 32.3. The predicted octanol–water partition coefficient (Wildman–Crippen LogP) is -3.03. The van der Waals surface area contributed by atoms with Crippen LogP contribution in [0.4, 0.5) is 0 Å². The van der Waals surface area contributed by atoms with Crippen LogP contribution in [0.2, 0.25) is 0 Å². The maximum Gasteiger partial charge on any atom is 0.243 e. The molecule has 118 valence electrons. The first-order valence-corrected chi connectivity index (χ1v) is 6.82. The van der Waals surface area contributed by atoms with Crippen molar-refractivity contribution < 1.29 is 24.9 Å². The largest absolute Gasteiger partial charge is 0.394 e. The van der Waals surface area contributed by atoms with Crippen molar-refractivity contribution in [1.29, 1.82) is 0 Å². The average Bonchev–Trinajstić information content (AvgIpc) is 2.39. The van der Waals surface area contributed by atoms with E-state index in [9.17, 15) is 19.8 Å². The number of nitrogens with one attached hydrogen (secondary N) is 2. The molecule has 0 aromatic carbocycles. The van der Waals surface area contributed by atoms with Crippen LogP contribution in [-0.4, -0.2) is 69.8 Å². The Labute approximate surface area is 123 Å². The highest BCUT2D eigenvalue weighted by Gasteiger charge is 2.27. The van der Waals surface area contributed by atoms with Crippen LogP contribution in [-0.2, 0) is 9.59 Å². The van der Waals surface area contributed by atoms with Gasteiger partial charge < -0.3 is 31.7 Å². The van der Waals surface area contributed by atoms with E-state index in [1.807, 2.05) is 0 Å². The second-order valence-electron chi connectivity index (χ2n) is 4.55. The first-order chi connectivity index (χ1) is 9.24. The number of rotatable bonds is 8. The number of aliphatic hydroxyl groups excluding tert-OH is 3. The second kappa shape index (κ2) is 9.14. The minimum absolute atomic E-state index is 0.00204. The Hall–Kier alpha value is -0.870. The predicted molar refractivity (Wildman–Crippen MR) is 76.1 cm³/mol. The van der Waals surface area contributed by atoms with Gasteiger partial charge in [-0.2, -0.15) is 12.6 Å². The Balaban J connectivity index is 4.60. The van der Waals surface area contributed by atoms with Crippen LogP contribution >= 0.6 is 12.6 Å². The molecular weight excluding hydrogens is 286 g/mol. The molecule has 0 saturated carbocycles. The second-order valence-corrected chi connectivity index (χ2v) is 4.91. The molecule has 2 amide bonds. The molecule has 7 N–H and O–H groups in total. The standard InChI is InChI=1S/C11H23N3O5S/c1-5(16)7(3-15)13-10(18)8(4-20)14-11(19)9(12)6(2)17/h5-9,15-17,20H,3-4,12H2,1-2H3,(H,13,18)(H,14,19)/t5-,6-,7-,8+,9+/m1/s1. The molecule has 0 bridgehead atoms. The van der Waals surface area contributed by atoms with Gasteiger partial charge in [0.15, 0.2) is 0 Å². The number of thiol groups is 1. The van der Waals surface area contributed by atoms with E-state index in [1.165, 1.54) is 13.8 Å². The summed E-state index contributed by atoms with van der Waals surface area (Å²) in [6, 6.07) is -2.98. The zero-order valence-electron chi connectivity index (χ0n) is 11.5. The van der Waals surface area contributed by atoms with Gasteiger partial charge in [-0.05, 0) is 13.8 Å². The maximum atomic E-state index is 11.9. The van der Waals surface area contributed by atoms with Gasteiger partial charge >= 0.3 is 0 Å². The molecule has 0 aliphatic rings. The lowest BCUT2D eigenvalue weighted by Crippen LogP contribution is -2.57. The third-order valence-corrected chi connectivity index (χ3v) is 3.11. The number of amides is 2. The van der Waals surface area contributed by atoms with E-state index in [4.69, 9.17) is 10.8 Å². The molecule has 0 fully saturated rings. The van der Waals surface area contributed by atoms with E-state index < -0.39 is 48.8 Å². The molecule has 0 unspecified atom stereocenters. The number of hydrogen-bond acceptors (Lipinski definition) is 7. The molecule has 0 aliphatic carbocycles. The summed E-state index contributed by atoms with van der Waals surface area (Å²) in [6.45, 7) is 2.33. The summed E-state index contributed by atoms with van der Waals surface area (Å²) in [6.07, 6.45) is -2.00. The Morgan fingerprint density at radius 3 is 2.05 bits per heavy atom. The molecule has 0 aliphatic heterocycles. The van der Waals surface area contributed by atoms with Crippen molar-refractivity contribution in [3.63, 3.8) is 0 Å². The van der Waals surface area contributed by atoms with E-state index in [1.54, 1.807) is 0 Å². The molecule has 0 aromatic heterocycles. The van der Waals surface area contributed by atoms with Crippen molar-refractivity contribution >= 4 is 24.4 Å². The van der Waals surface area contributed by atoms with Gasteiger partial charge in [0, 0.05) is 5.75 Å². The van der Waals surface area contributed by atoms with E-state index >= 15 is 0 Å². The lowest BCUT2D eigenvalue weighted by Gasteiger charge is -2.24. The highest BCUT2D eigenvalue weighted by atomic mass is 32.1. The summed E-state index contributed by atoms with van der Waals surface area (Å²) < 4.78 is 0. The highest BCUT2D eigenvalue weighted by Crippen LogP contribution is 1.97. The van der Waals surface area contributed by atoms with E-state index in [-0.39, 0.29) is 5.75 Å². The fourth-order valence-corrected chi connectivity index (χ4v) is 1.54. The first-order valence-electron chi connectivity index (χ1n) is 6.18. The van der Waals surface area contributed by atoms with Gasteiger partial charge in [-0.25, -0.2) is 0 Å². The van der Waals surface area contributed by atoms with Crippen molar-refractivity contribution in [3.8, 4) is 0 Å². The topological polar surface area (TPSA) is 145 Å². The third kappa shape index (κ3) is 6.06. The van der Waals surface area contributed by atoms with E-state index in [2.05, 4.69) is 23.3 Å². The van der Waals surface area contributed by atoms with Crippen molar-refractivity contribution in [2.45, 2.75) is 44.2 Å². The molecule has 0 saturated heterocycles. The summed E-state index contributed by atoms with van der Waals surface area (Å²) in [5.74, 6) is -1.29. The van der Waals surface area contributed by atoms with Crippen LogP contribution in [0.25, 0.3) is 0 Å². The number of carbonyl (C=O) groups excluding carboxylic acids is 2. The molecule has 0 aromatic rings. The Bertz CT molecular complexity index is 327. The molecule has 0 spiro atoms. The summed E-state index contributed by atoms with van der Waals surface area (Å²) in [5.41, 5.74) is 5.44. The van der Waals surface area contributed by atoms with Crippen LogP contribution in [0.5, 0.6) is 0 Å². The van der Waals surface area contributed by atoms with Gasteiger partial charge in [0.05, 0.1) is 24.9 Å². The quantitative estimate of drug-likeness (QED) is 0.237. The number of carbonyl (C=O) groups is 2. The fraction of sp³-hybridized carbons (Fsp3) is 0.818. The molecule has 5 atom stereocenters. The molecule has 0 radical (unpaired) electrons. The van der Waals surface area contributed by atoms with Crippen molar-refractivity contribution in [2.24, 2.45) is 5.73 Å². The minimum atomic E-state index is -1.16. The average molecular weight is 309 g/mol. The molecule has 0 heterocycles. The Morgan fingerprint density at radius 2 is 1.70 bits per heavy atom. The van der Waals surface area contributed by atoms with Gasteiger partial charge in [0.1, 0.15) is 12.1 Å². The van der Waals surface area contributed by atoms with Crippen LogP contribution in [0, 0.1) is 0 Å². The van der Waals surface area contributed by atoms with Gasteiger partial charge in [-0.1, -0.05) is 0 Å². The van der Waals surface area contributed by atoms with Crippen molar-refractivity contribution in [1.82, 2.24) is 10.6 Å². The third-order valence-electron chi connectivity index (χ3n) is 2.74. The zero-order valence-corrected chi connectivity index (χ0v) is 12.4. The zero-order chi connectivity index (χ0) is 15.9. The number of hydrogen-bond donors (Lipinski definition) is 7. The van der Waals surface area contributed by atoms with E-state index in [0.29, 0.717) is 0 Å². The fourth-order valence-electron chi connectivity index (χ4n) is 1.28. The maximum absolute atomic E-state index is 11.9. The van der Waals surface area contributed by atoms with Crippen LogP contribution in [0.1, 0.15) is 13.8 Å². The van der Waals surface area contributed by atoms with Crippen LogP contribution in [0.3, 0.4) is 0 Å². The SMILES string of the molecule is C[C@@H](O)[C@H](N)C(=O)N[C@@H](CS)C(=O)N[C@H](CO)[C@@H](C)O. The molecule has 0 rings (SSSR count). The van der Waals surface area contributed by atoms with Gasteiger partial charge in [0.2, 0.25) is 11.8 Å². The van der Waals surface area contributed by atoms with Gasteiger partial charge in [0.25, 0.3) is 0 Å². The summed E-state index contributed by atoms with van der Waals surface area (Å²) >= 11 is 3.95.